The van der Waals surface area contributed by atoms with Gasteiger partial charge in [0.2, 0.25) is 15.9 Å². The summed E-state index contributed by atoms with van der Waals surface area (Å²) in [5.41, 5.74) is 1.66. The normalized spacial score (nSPS) is 19.6. The SMILES string of the molecule is O=C(/C=C/c1ccccn1)Nc1cc(S(=O)(=O)N2CCOCC2)ccc1NCC1CCCO1. The van der Waals surface area contributed by atoms with E-state index in [1.54, 1.807) is 36.5 Å². The monoisotopic (exact) mass is 472 g/mol. The molecule has 0 aliphatic carbocycles. The smallest absolute Gasteiger partial charge is 0.248 e. The van der Waals surface area contributed by atoms with Crippen molar-refractivity contribution in [3.05, 3.63) is 54.4 Å². The van der Waals surface area contributed by atoms with Gasteiger partial charge >= 0.3 is 0 Å². The minimum Gasteiger partial charge on any atom is -0.381 e. The molecule has 10 heteroatoms. The lowest BCUT2D eigenvalue weighted by Gasteiger charge is -2.26. The molecule has 9 nitrogen and oxygen atoms in total. The fraction of sp³-hybridized carbons (Fsp3) is 0.391. The van der Waals surface area contributed by atoms with E-state index in [0.29, 0.717) is 49.9 Å². The van der Waals surface area contributed by atoms with Gasteiger partial charge in [0.1, 0.15) is 0 Å². The number of carbonyl (C=O) groups excluding carboxylic acids is 1. The van der Waals surface area contributed by atoms with Crippen LogP contribution in [-0.4, -0.2) is 69.2 Å². The summed E-state index contributed by atoms with van der Waals surface area (Å²) >= 11 is 0. The number of amides is 1. The van der Waals surface area contributed by atoms with Crippen LogP contribution in [0.25, 0.3) is 6.08 Å². The molecule has 2 aromatic rings. The number of carbonyl (C=O) groups is 1. The Kier molecular flexibility index (Phi) is 7.71. The quantitative estimate of drug-likeness (QED) is 0.568. The van der Waals surface area contributed by atoms with E-state index < -0.39 is 10.0 Å². The number of pyridine rings is 1. The highest BCUT2D eigenvalue weighted by molar-refractivity contribution is 7.89. The van der Waals surface area contributed by atoms with E-state index in [0.717, 1.165) is 19.4 Å². The number of ether oxygens (including phenoxy) is 2. The third-order valence-electron chi connectivity index (χ3n) is 5.49. The number of aromatic nitrogens is 1. The lowest BCUT2D eigenvalue weighted by atomic mass is 10.2. The maximum atomic E-state index is 13.1. The van der Waals surface area contributed by atoms with Crippen molar-refractivity contribution in [1.82, 2.24) is 9.29 Å². The molecule has 2 aliphatic heterocycles. The molecule has 1 atom stereocenters. The second-order valence-electron chi connectivity index (χ2n) is 7.82. The highest BCUT2D eigenvalue weighted by Crippen LogP contribution is 2.28. The molecule has 2 aliphatic rings. The summed E-state index contributed by atoms with van der Waals surface area (Å²) in [6.07, 6.45) is 6.69. The zero-order valence-electron chi connectivity index (χ0n) is 18.3. The Labute approximate surface area is 193 Å². The third-order valence-corrected chi connectivity index (χ3v) is 7.39. The van der Waals surface area contributed by atoms with E-state index in [1.807, 2.05) is 6.07 Å². The fourth-order valence-corrected chi connectivity index (χ4v) is 5.15. The minimum atomic E-state index is -3.70. The number of sulfonamides is 1. The van der Waals surface area contributed by atoms with Crippen molar-refractivity contribution < 1.29 is 22.7 Å². The van der Waals surface area contributed by atoms with E-state index >= 15 is 0 Å². The van der Waals surface area contributed by atoms with Crippen LogP contribution in [0.4, 0.5) is 11.4 Å². The minimum absolute atomic E-state index is 0.0920. The van der Waals surface area contributed by atoms with Crippen molar-refractivity contribution in [2.75, 3.05) is 50.1 Å². The Bertz CT molecular complexity index is 1080. The zero-order chi connectivity index (χ0) is 23.1. The van der Waals surface area contributed by atoms with Gasteiger partial charge in [0, 0.05) is 38.5 Å². The van der Waals surface area contributed by atoms with E-state index in [2.05, 4.69) is 15.6 Å². The Morgan fingerprint density at radius 2 is 2.00 bits per heavy atom. The van der Waals surface area contributed by atoms with Crippen molar-refractivity contribution in [1.29, 1.82) is 0 Å². The van der Waals surface area contributed by atoms with Crippen LogP contribution in [0.5, 0.6) is 0 Å². The molecule has 1 aromatic heterocycles. The summed E-state index contributed by atoms with van der Waals surface area (Å²) < 4.78 is 38.5. The van der Waals surface area contributed by atoms with Crippen molar-refractivity contribution in [3.63, 3.8) is 0 Å². The standard InChI is InChI=1S/C23H28N4O5S/c28-23(9-6-18-4-1-2-10-24-18)26-22-16-20(33(29,30)27-11-14-31-15-12-27)7-8-21(22)25-17-19-5-3-13-32-19/h1-2,4,6-10,16,19,25H,3,5,11-15,17H2,(H,26,28)/b9-6+. The van der Waals surface area contributed by atoms with Crippen molar-refractivity contribution in [2.45, 2.75) is 23.8 Å². The average molecular weight is 473 g/mol. The van der Waals surface area contributed by atoms with Gasteiger partial charge in [0.25, 0.3) is 0 Å². The van der Waals surface area contributed by atoms with Crippen LogP contribution in [0.2, 0.25) is 0 Å². The molecule has 1 unspecified atom stereocenters. The third kappa shape index (κ3) is 6.17. The molecule has 1 amide bonds. The Hall–Kier alpha value is -2.79. The van der Waals surface area contributed by atoms with Crippen molar-refractivity contribution in [3.8, 4) is 0 Å². The number of anilines is 2. The summed E-state index contributed by atoms with van der Waals surface area (Å²) in [5.74, 6) is -0.387. The fourth-order valence-electron chi connectivity index (χ4n) is 3.72. The lowest BCUT2D eigenvalue weighted by Crippen LogP contribution is -2.40. The van der Waals surface area contributed by atoms with Crippen molar-refractivity contribution in [2.24, 2.45) is 0 Å². The number of nitrogens with zero attached hydrogens (tertiary/aromatic N) is 2. The summed E-state index contributed by atoms with van der Waals surface area (Å²) in [5, 5.41) is 6.10. The van der Waals surface area contributed by atoms with Gasteiger partial charge in [0.15, 0.2) is 0 Å². The van der Waals surface area contributed by atoms with Crippen molar-refractivity contribution >= 4 is 33.4 Å². The highest BCUT2D eigenvalue weighted by Gasteiger charge is 2.27. The molecule has 2 saturated heterocycles. The summed E-state index contributed by atoms with van der Waals surface area (Å²) in [6, 6.07) is 10.1. The number of morpholine rings is 1. The van der Waals surface area contributed by atoms with Gasteiger partial charge in [-0.05, 0) is 49.2 Å². The molecule has 33 heavy (non-hydrogen) atoms. The second kappa shape index (κ2) is 10.9. The average Bonchev–Trinajstić information content (AvgIpc) is 3.37. The zero-order valence-corrected chi connectivity index (χ0v) is 19.1. The molecule has 0 bridgehead atoms. The first-order valence-electron chi connectivity index (χ1n) is 11.0. The molecular weight excluding hydrogens is 444 g/mol. The maximum absolute atomic E-state index is 13.1. The largest absolute Gasteiger partial charge is 0.381 e. The Balaban J connectivity index is 1.55. The van der Waals surface area contributed by atoms with Gasteiger partial charge in [0.05, 0.1) is 41.3 Å². The first kappa shape index (κ1) is 23.4. The molecule has 3 heterocycles. The first-order valence-corrected chi connectivity index (χ1v) is 12.4. The molecule has 2 fully saturated rings. The Morgan fingerprint density at radius 3 is 2.73 bits per heavy atom. The molecule has 0 saturated carbocycles. The Morgan fingerprint density at radius 1 is 1.15 bits per heavy atom. The van der Waals surface area contributed by atoms with Gasteiger partial charge < -0.3 is 20.1 Å². The van der Waals surface area contributed by atoms with Crippen LogP contribution < -0.4 is 10.6 Å². The van der Waals surface area contributed by atoms with Crippen LogP contribution >= 0.6 is 0 Å². The van der Waals surface area contributed by atoms with Crippen LogP contribution in [0, 0.1) is 0 Å². The predicted molar refractivity (Wildman–Crippen MR) is 125 cm³/mol. The lowest BCUT2D eigenvalue weighted by molar-refractivity contribution is -0.111. The number of benzene rings is 1. The van der Waals surface area contributed by atoms with Gasteiger partial charge in [-0.1, -0.05) is 6.07 Å². The molecular formula is C23H28N4O5S. The first-order chi connectivity index (χ1) is 16.0. The van der Waals surface area contributed by atoms with Crippen LogP contribution in [-0.2, 0) is 24.3 Å². The molecule has 1 aromatic carbocycles. The number of hydrogen-bond acceptors (Lipinski definition) is 7. The summed E-state index contributed by atoms with van der Waals surface area (Å²) in [6.45, 7) is 2.64. The molecule has 2 N–H and O–H groups in total. The van der Waals surface area contributed by atoms with E-state index in [9.17, 15) is 13.2 Å². The number of hydrogen-bond donors (Lipinski definition) is 2. The van der Waals surface area contributed by atoms with Crippen LogP contribution in [0.1, 0.15) is 18.5 Å². The van der Waals surface area contributed by atoms with Gasteiger partial charge in [-0.2, -0.15) is 4.31 Å². The van der Waals surface area contributed by atoms with E-state index in [1.165, 1.54) is 16.4 Å². The van der Waals surface area contributed by atoms with Gasteiger partial charge in [-0.3, -0.25) is 9.78 Å². The van der Waals surface area contributed by atoms with E-state index in [4.69, 9.17) is 9.47 Å². The highest BCUT2D eigenvalue weighted by atomic mass is 32.2. The second-order valence-corrected chi connectivity index (χ2v) is 9.75. The topological polar surface area (TPSA) is 110 Å². The van der Waals surface area contributed by atoms with Gasteiger partial charge in [-0.15, -0.1) is 0 Å². The molecule has 0 spiro atoms. The number of nitrogens with one attached hydrogen (secondary N) is 2. The molecule has 4 rings (SSSR count). The molecule has 0 radical (unpaired) electrons. The van der Waals surface area contributed by atoms with Crippen LogP contribution in [0.15, 0.2) is 53.6 Å². The predicted octanol–water partition coefficient (Wildman–Crippen LogP) is 2.35. The number of rotatable bonds is 8. The van der Waals surface area contributed by atoms with Gasteiger partial charge in [-0.25, -0.2) is 8.42 Å². The van der Waals surface area contributed by atoms with E-state index in [-0.39, 0.29) is 16.9 Å². The summed E-state index contributed by atoms with van der Waals surface area (Å²) in [4.78, 5) is 16.9. The maximum Gasteiger partial charge on any atom is 0.248 e. The van der Waals surface area contributed by atoms with Crippen LogP contribution in [0.3, 0.4) is 0 Å². The molecule has 176 valence electrons. The summed E-state index contributed by atoms with van der Waals surface area (Å²) in [7, 11) is -3.70.